The zero-order valence-corrected chi connectivity index (χ0v) is 11.4. The third-order valence-electron chi connectivity index (χ3n) is 3.25. The van der Waals surface area contributed by atoms with E-state index in [-0.39, 0.29) is 10.9 Å². The van der Waals surface area contributed by atoms with Crippen LogP contribution in [0.15, 0.2) is 48.5 Å². The van der Waals surface area contributed by atoms with E-state index in [1.165, 1.54) is 6.07 Å². The molecule has 1 nitrogen and oxygen atoms in total. The van der Waals surface area contributed by atoms with E-state index in [1.54, 1.807) is 12.1 Å². The normalized spacial score (nSPS) is 14.1. The summed E-state index contributed by atoms with van der Waals surface area (Å²) in [4.78, 5) is 0. The molecule has 3 heteroatoms. The molecule has 0 heterocycles. The van der Waals surface area contributed by atoms with Crippen molar-refractivity contribution in [3.63, 3.8) is 0 Å². The van der Waals surface area contributed by atoms with Gasteiger partial charge in [-0.25, -0.2) is 4.39 Å². The van der Waals surface area contributed by atoms with E-state index in [0.717, 1.165) is 5.56 Å². The lowest BCUT2D eigenvalue weighted by Crippen LogP contribution is -2.12. The van der Waals surface area contributed by atoms with Crippen LogP contribution in [0.25, 0.3) is 0 Å². The Balaban J connectivity index is 2.13. The Morgan fingerprint density at radius 1 is 1.11 bits per heavy atom. The van der Waals surface area contributed by atoms with Gasteiger partial charge in [0.2, 0.25) is 0 Å². The minimum atomic E-state index is -0.611. The standard InChI is InChI=1S/C16H16ClFO/c1-11(16(19)12-6-3-2-4-7-12)10-13-8-5-9-14(17)15(13)18/h2-9,11,16,19H,10H2,1H3. The van der Waals surface area contributed by atoms with Gasteiger partial charge in [0.1, 0.15) is 5.82 Å². The summed E-state index contributed by atoms with van der Waals surface area (Å²) in [7, 11) is 0. The minimum Gasteiger partial charge on any atom is -0.388 e. The minimum absolute atomic E-state index is 0.0876. The van der Waals surface area contributed by atoms with Crippen LogP contribution in [-0.2, 0) is 6.42 Å². The van der Waals surface area contributed by atoms with Crippen molar-refractivity contribution in [1.29, 1.82) is 0 Å². The summed E-state index contributed by atoms with van der Waals surface area (Å²) in [5, 5.41) is 10.4. The second-order valence-electron chi connectivity index (χ2n) is 4.75. The van der Waals surface area contributed by atoms with Gasteiger partial charge in [-0.3, -0.25) is 0 Å². The molecule has 0 saturated heterocycles. The summed E-state index contributed by atoms with van der Waals surface area (Å²) in [5.41, 5.74) is 1.38. The quantitative estimate of drug-likeness (QED) is 0.879. The van der Waals surface area contributed by atoms with Crippen LogP contribution in [0.4, 0.5) is 4.39 Å². The van der Waals surface area contributed by atoms with Crippen LogP contribution < -0.4 is 0 Å². The fraction of sp³-hybridized carbons (Fsp3) is 0.250. The average Bonchev–Trinajstić information content (AvgIpc) is 2.44. The molecular weight excluding hydrogens is 263 g/mol. The fourth-order valence-electron chi connectivity index (χ4n) is 2.14. The summed E-state index contributed by atoms with van der Waals surface area (Å²) in [6, 6.07) is 14.4. The van der Waals surface area contributed by atoms with Crippen LogP contribution in [0.2, 0.25) is 5.02 Å². The van der Waals surface area contributed by atoms with E-state index in [0.29, 0.717) is 12.0 Å². The summed E-state index contributed by atoms with van der Waals surface area (Å²) in [5.74, 6) is -0.480. The molecule has 0 aliphatic rings. The highest BCUT2D eigenvalue weighted by Gasteiger charge is 2.18. The van der Waals surface area contributed by atoms with Crippen molar-refractivity contribution in [2.75, 3.05) is 0 Å². The number of aliphatic hydroxyl groups excluding tert-OH is 1. The van der Waals surface area contributed by atoms with Crippen LogP contribution in [0.5, 0.6) is 0 Å². The van der Waals surface area contributed by atoms with E-state index in [9.17, 15) is 9.50 Å². The average molecular weight is 279 g/mol. The molecule has 2 aromatic carbocycles. The summed E-state index contributed by atoms with van der Waals surface area (Å²) in [6.07, 6.45) is -0.165. The van der Waals surface area contributed by atoms with Crippen molar-refractivity contribution < 1.29 is 9.50 Å². The molecule has 0 aliphatic carbocycles. The van der Waals surface area contributed by atoms with Gasteiger partial charge < -0.3 is 5.11 Å². The highest BCUT2D eigenvalue weighted by molar-refractivity contribution is 6.30. The van der Waals surface area contributed by atoms with Gasteiger partial charge in [-0.15, -0.1) is 0 Å². The lowest BCUT2D eigenvalue weighted by molar-refractivity contribution is 0.117. The molecule has 0 saturated carbocycles. The maximum Gasteiger partial charge on any atom is 0.144 e. The first-order chi connectivity index (χ1) is 9.09. The first kappa shape index (κ1) is 14.0. The van der Waals surface area contributed by atoms with Crippen molar-refractivity contribution in [1.82, 2.24) is 0 Å². The number of halogens is 2. The highest BCUT2D eigenvalue weighted by Crippen LogP contribution is 2.27. The van der Waals surface area contributed by atoms with Gasteiger partial charge in [0, 0.05) is 0 Å². The smallest absolute Gasteiger partial charge is 0.144 e. The monoisotopic (exact) mass is 278 g/mol. The van der Waals surface area contributed by atoms with Gasteiger partial charge in [-0.05, 0) is 29.5 Å². The summed E-state index contributed by atoms with van der Waals surface area (Å²) in [6.45, 7) is 1.90. The molecule has 2 rings (SSSR count). The molecule has 2 unspecified atom stereocenters. The van der Waals surface area contributed by atoms with Crippen LogP contribution in [-0.4, -0.2) is 5.11 Å². The predicted molar refractivity (Wildman–Crippen MR) is 75.7 cm³/mol. The molecule has 0 radical (unpaired) electrons. The first-order valence-electron chi connectivity index (χ1n) is 6.25. The van der Waals surface area contributed by atoms with Gasteiger partial charge in [-0.1, -0.05) is 61.0 Å². The highest BCUT2D eigenvalue weighted by atomic mass is 35.5. The molecule has 0 bridgehead atoms. The Bertz CT molecular complexity index is 542. The lowest BCUT2D eigenvalue weighted by atomic mass is 9.91. The van der Waals surface area contributed by atoms with Crippen molar-refractivity contribution in [2.45, 2.75) is 19.4 Å². The van der Waals surface area contributed by atoms with Crippen LogP contribution >= 0.6 is 11.6 Å². The zero-order valence-electron chi connectivity index (χ0n) is 10.7. The maximum absolute atomic E-state index is 13.8. The van der Waals surface area contributed by atoms with Crippen LogP contribution in [0, 0.1) is 11.7 Å². The first-order valence-corrected chi connectivity index (χ1v) is 6.63. The Hall–Kier alpha value is -1.38. The maximum atomic E-state index is 13.8. The van der Waals surface area contributed by atoms with E-state index >= 15 is 0 Å². The van der Waals surface area contributed by atoms with E-state index in [4.69, 9.17) is 11.6 Å². The molecule has 0 amide bonds. The third kappa shape index (κ3) is 3.34. The molecule has 0 aromatic heterocycles. The second-order valence-corrected chi connectivity index (χ2v) is 5.16. The van der Waals surface area contributed by atoms with E-state index in [2.05, 4.69) is 0 Å². The van der Waals surface area contributed by atoms with Crippen molar-refractivity contribution in [3.05, 3.63) is 70.5 Å². The Morgan fingerprint density at radius 3 is 2.47 bits per heavy atom. The Kier molecular flexibility index (Phi) is 4.56. The topological polar surface area (TPSA) is 20.2 Å². The molecule has 2 aromatic rings. The lowest BCUT2D eigenvalue weighted by Gasteiger charge is -2.19. The van der Waals surface area contributed by atoms with Crippen molar-refractivity contribution in [2.24, 2.45) is 5.92 Å². The third-order valence-corrected chi connectivity index (χ3v) is 3.55. The molecule has 19 heavy (non-hydrogen) atoms. The molecule has 0 aliphatic heterocycles. The van der Waals surface area contributed by atoms with E-state index in [1.807, 2.05) is 37.3 Å². The molecular formula is C16H16ClFO. The van der Waals surface area contributed by atoms with Gasteiger partial charge in [0.05, 0.1) is 11.1 Å². The zero-order chi connectivity index (χ0) is 13.8. The number of benzene rings is 2. The van der Waals surface area contributed by atoms with Gasteiger partial charge in [-0.2, -0.15) is 0 Å². The van der Waals surface area contributed by atoms with Crippen LogP contribution in [0.1, 0.15) is 24.2 Å². The second kappa shape index (κ2) is 6.18. The van der Waals surface area contributed by atoms with Gasteiger partial charge in [0.15, 0.2) is 0 Å². The van der Waals surface area contributed by atoms with Crippen molar-refractivity contribution in [3.8, 4) is 0 Å². The molecule has 0 spiro atoms. The predicted octanol–water partition coefficient (Wildman–Crippen LogP) is 4.39. The number of aliphatic hydroxyl groups is 1. The van der Waals surface area contributed by atoms with E-state index < -0.39 is 11.9 Å². The number of hydrogen-bond donors (Lipinski definition) is 1. The number of hydrogen-bond acceptors (Lipinski definition) is 1. The van der Waals surface area contributed by atoms with Gasteiger partial charge in [0.25, 0.3) is 0 Å². The Labute approximate surface area is 117 Å². The largest absolute Gasteiger partial charge is 0.388 e. The molecule has 2 atom stereocenters. The molecule has 1 N–H and O–H groups in total. The van der Waals surface area contributed by atoms with Gasteiger partial charge >= 0.3 is 0 Å². The number of rotatable bonds is 4. The molecule has 0 fully saturated rings. The fourth-order valence-corrected chi connectivity index (χ4v) is 2.34. The molecule has 100 valence electrons. The Morgan fingerprint density at radius 2 is 1.79 bits per heavy atom. The summed E-state index contributed by atoms with van der Waals surface area (Å²) >= 11 is 5.76. The van der Waals surface area contributed by atoms with Crippen LogP contribution in [0.3, 0.4) is 0 Å². The SMILES string of the molecule is CC(Cc1cccc(Cl)c1F)C(O)c1ccccc1. The van der Waals surface area contributed by atoms with Crippen molar-refractivity contribution >= 4 is 11.6 Å². The summed E-state index contributed by atoms with van der Waals surface area (Å²) < 4.78 is 13.8.